The summed E-state index contributed by atoms with van der Waals surface area (Å²) in [6, 6.07) is 0. The maximum absolute atomic E-state index is 7.93. The summed E-state index contributed by atoms with van der Waals surface area (Å²) in [6.07, 6.45) is 2.79. The molecular formula is C3H4N6. The van der Waals surface area contributed by atoms with E-state index in [9.17, 15) is 0 Å². The predicted octanol–water partition coefficient (Wildman–Crippen LogP) is 0.889. The summed E-state index contributed by atoms with van der Waals surface area (Å²) in [5, 5.41) is 10.0. The molecule has 0 spiro atoms. The number of azo groups is 1. The Morgan fingerprint density at radius 1 is 1.78 bits per heavy atom. The lowest BCUT2D eigenvalue weighted by atomic mass is 10.4. The maximum Gasteiger partial charge on any atom is 0.229 e. The molecule has 9 heavy (non-hydrogen) atoms. The lowest BCUT2D eigenvalue weighted by Crippen LogP contribution is -2.29. The molecule has 0 fully saturated rings. The highest BCUT2D eigenvalue weighted by molar-refractivity contribution is 5.04. The lowest BCUT2D eigenvalue weighted by Gasteiger charge is -2.04. The third-order valence-electron chi connectivity index (χ3n) is 0.809. The van der Waals surface area contributed by atoms with E-state index in [1.807, 2.05) is 0 Å². The van der Waals surface area contributed by atoms with Crippen molar-refractivity contribution in [2.24, 2.45) is 21.1 Å². The van der Waals surface area contributed by atoms with Crippen LogP contribution in [0.15, 0.2) is 27.6 Å². The average Bonchev–Trinajstić information content (AvgIpc) is 2.16. The summed E-state index contributed by atoms with van der Waals surface area (Å²) in [4.78, 5) is 2.48. The van der Waals surface area contributed by atoms with Crippen LogP contribution < -0.4 is 5.73 Å². The first-order valence-corrected chi connectivity index (χ1v) is 2.22. The third kappa shape index (κ3) is 1.04. The van der Waals surface area contributed by atoms with E-state index in [1.54, 1.807) is 0 Å². The lowest BCUT2D eigenvalue weighted by molar-refractivity contribution is 0.572. The van der Waals surface area contributed by atoms with Crippen molar-refractivity contribution in [2.75, 3.05) is 0 Å². The van der Waals surface area contributed by atoms with E-state index in [4.69, 9.17) is 11.3 Å². The Kier molecular flexibility index (Phi) is 1.18. The Bertz CT molecular complexity index is 196. The quantitative estimate of drug-likeness (QED) is 0.313. The average molecular weight is 124 g/mol. The zero-order chi connectivity index (χ0) is 6.74. The van der Waals surface area contributed by atoms with Gasteiger partial charge in [0.2, 0.25) is 5.79 Å². The Balaban J connectivity index is 2.87. The first-order valence-electron chi connectivity index (χ1n) is 2.22. The predicted molar refractivity (Wildman–Crippen MR) is 30.1 cm³/mol. The molecule has 0 aromatic heterocycles. The van der Waals surface area contributed by atoms with Crippen molar-refractivity contribution in [3.8, 4) is 0 Å². The highest BCUT2D eigenvalue weighted by Gasteiger charge is 2.20. The molecule has 0 aliphatic carbocycles. The van der Waals surface area contributed by atoms with Gasteiger partial charge in [-0.2, -0.15) is 10.2 Å². The van der Waals surface area contributed by atoms with E-state index < -0.39 is 5.79 Å². The monoisotopic (exact) mass is 124 g/mol. The molecule has 6 heteroatoms. The van der Waals surface area contributed by atoms with Gasteiger partial charge < -0.3 is 0 Å². The van der Waals surface area contributed by atoms with Gasteiger partial charge in [0.05, 0.1) is 0 Å². The van der Waals surface area contributed by atoms with E-state index >= 15 is 0 Å². The summed E-state index contributed by atoms with van der Waals surface area (Å²) in [5.41, 5.74) is 13.2. The molecule has 2 N–H and O–H groups in total. The number of nitrogens with two attached hydrogens (primary N) is 1. The Hall–Kier alpha value is -1.39. The van der Waals surface area contributed by atoms with E-state index in [1.165, 1.54) is 12.3 Å². The molecule has 1 aliphatic heterocycles. The molecule has 1 rings (SSSR count). The fraction of sp³-hybridized carbons (Fsp3) is 0.333. The molecule has 1 aliphatic rings. The van der Waals surface area contributed by atoms with Crippen LogP contribution in [0, 0.1) is 0 Å². The topological polar surface area (TPSA) is 99.5 Å². The van der Waals surface area contributed by atoms with Crippen LogP contribution in [0.1, 0.15) is 0 Å². The molecule has 0 radical (unpaired) electrons. The van der Waals surface area contributed by atoms with Gasteiger partial charge in [0, 0.05) is 11.1 Å². The third-order valence-corrected chi connectivity index (χ3v) is 0.809. The molecule has 0 amide bonds. The van der Waals surface area contributed by atoms with E-state index in [0.717, 1.165) is 0 Å². The van der Waals surface area contributed by atoms with E-state index in [0.29, 0.717) is 0 Å². The van der Waals surface area contributed by atoms with Crippen molar-refractivity contribution in [3.05, 3.63) is 22.7 Å². The zero-order valence-electron chi connectivity index (χ0n) is 4.47. The smallest absolute Gasteiger partial charge is 0.229 e. The number of rotatable bonds is 1. The van der Waals surface area contributed by atoms with Crippen LogP contribution in [0.3, 0.4) is 0 Å². The number of hydrogen-bond donors (Lipinski definition) is 1. The van der Waals surface area contributed by atoms with Crippen LogP contribution in [-0.4, -0.2) is 5.79 Å². The minimum atomic E-state index is -1.27. The standard InChI is InChI=1S/C3H4N6/c4-3(8-9-5)1-2-6-7-3/h1-2H,4H2. The Morgan fingerprint density at radius 2 is 2.56 bits per heavy atom. The first-order chi connectivity index (χ1) is 4.27. The van der Waals surface area contributed by atoms with Gasteiger partial charge in [0.25, 0.3) is 0 Å². The van der Waals surface area contributed by atoms with Gasteiger partial charge in [-0.25, -0.2) is 0 Å². The van der Waals surface area contributed by atoms with Gasteiger partial charge in [-0.3, -0.25) is 5.73 Å². The molecule has 0 aromatic carbocycles. The summed E-state index contributed by atoms with van der Waals surface area (Å²) in [6.45, 7) is 0. The van der Waals surface area contributed by atoms with Gasteiger partial charge in [0.15, 0.2) is 0 Å². The van der Waals surface area contributed by atoms with Crippen LogP contribution in [0.2, 0.25) is 0 Å². The first kappa shape index (κ1) is 5.74. The van der Waals surface area contributed by atoms with Crippen LogP contribution in [0.25, 0.3) is 10.4 Å². The SMILES string of the molecule is [N-]=[N+]=NC1(N)C=CN=N1. The number of hydrogen-bond acceptors (Lipinski definition) is 4. The van der Waals surface area contributed by atoms with E-state index in [2.05, 4.69) is 20.3 Å². The van der Waals surface area contributed by atoms with Crippen molar-refractivity contribution in [3.63, 3.8) is 0 Å². The van der Waals surface area contributed by atoms with Crippen LogP contribution in [0.4, 0.5) is 0 Å². The van der Waals surface area contributed by atoms with E-state index in [-0.39, 0.29) is 0 Å². The van der Waals surface area contributed by atoms with Crippen molar-refractivity contribution < 1.29 is 0 Å². The summed E-state index contributed by atoms with van der Waals surface area (Å²) in [7, 11) is 0. The van der Waals surface area contributed by atoms with Gasteiger partial charge in [-0.05, 0) is 16.7 Å². The van der Waals surface area contributed by atoms with Gasteiger partial charge >= 0.3 is 0 Å². The second kappa shape index (κ2) is 1.85. The molecule has 1 heterocycles. The molecular weight excluding hydrogens is 120 g/mol. The molecule has 0 saturated heterocycles. The van der Waals surface area contributed by atoms with Crippen LogP contribution >= 0.6 is 0 Å². The van der Waals surface area contributed by atoms with Gasteiger partial charge in [-0.15, -0.1) is 0 Å². The van der Waals surface area contributed by atoms with Crippen LogP contribution in [-0.2, 0) is 0 Å². The highest BCUT2D eigenvalue weighted by atomic mass is 15.4. The summed E-state index contributed by atoms with van der Waals surface area (Å²) >= 11 is 0. The van der Waals surface area contributed by atoms with Crippen molar-refractivity contribution in [2.45, 2.75) is 5.79 Å². The zero-order valence-corrected chi connectivity index (χ0v) is 4.47. The number of nitrogens with zero attached hydrogens (tertiary/aromatic N) is 5. The van der Waals surface area contributed by atoms with Crippen molar-refractivity contribution in [1.82, 2.24) is 0 Å². The van der Waals surface area contributed by atoms with Crippen molar-refractivity contribution in [1.29, 1.82) is 0 Å². The van der Waals surface area contributed by atoms with Gasteiger partial charge in [-0.1, -0.05) is 0 Å². The fourth-order valence-electron chi connectivity index (χ4n) is 0.427. The summed E-state index contributed by atoms with van der Waals surface area (Å²) < 4.78 is 0. The Labute approximate surface area is 50.7 Å². The largest absolute Gasteiger partial charge is 0.297 e. The summed E-state index contributed by atoms with van der Waals surface area (Å²) in [5.74, 6) is -1.27. The van der Waals surface area contributed by atoms with Crippen LogP contribution in [0.5, 0.6) is 0 Å². The Morgan fingerprint density at radius 3 is 3.00 bits per heavy atom. The molecule has 0 saturated carbocycles. The highest BCUT2D eigenvalue weighted by Crippen LogP contribution is 2.13. The number of azide groups is 1. The normalized spacial score (nSPS) is 30.3. The molecule has 6 nitrogen and oxygen atoms in total. The maximum atomic E-state index is 7.93. The minimum Gasteiger partial charge on any atom is -0.297 e. The fourth-order valence-corrected chi connectivity index (χ4v) is 0.427. The molecule has 46 valence electrons. The minimum absolute atomic E-state index is 1.27. The molecule has 1 unspecified atom stereocenters. The molecule has 1 atom stereocenters. The molecule has 0 bridgehead atoms. The van der Waals surface area contributed by atoms with Crippen molar-refractivity contribution >= 4 is 0 Å². The second-order valence-electron chi connectivity index (χ2n) is 1.50. The van der Waals surface area contributed by atoms with Gasteiger partial charge in [0.1, 0.15) is 0 Å². The second-order valence-corrected chi connectivity index (χ2v) is 1.50. The molecule has 0 aromatic rings.